The fraction of sp³-hybridized carbons (Fsp3) is 0.435. The highest BCUT2D eigenvalue weighted by molar-refractivity contribution is 7.17. The van der Waals surface area contributed by atoms with Crippen molar-refractivity contribution in [2.24, 2.45) is 0 Å². The van der Waals surface area contributed by atoms with Gasteiger partial charge in [-0.25, -0.2) is 4.79 Å². The Hall–Kier alpha value is -2.71. The third-order valence-corrected chi connectivity index (χ3v) is 6.42. The van der Waals surface area contributed by atoms with Gasteiger partial charge in [0.2, 0.25) is 11.8 Å². The van der Waals surface area contributed by atoms with Crippen molar-refractivity contribution in [2.75, 3.05) is 37.5 Å². The van der Waals surface area contributed by atoms with Crippen molar-refractivity contribution in [2.45, 2.75) is 39.2 Å². The zero-order valence-corrected chi connectivity index (χ0v) is 19.1. The standard InChI is InChI=1S/C23H29N3O4S/c1-4-30-23(29)21-17-13-14-25(2)15-18(17)31-22(21)24-19(27)11-8-12-20(28)26(3)16-9-6-5-7-10-16/h5-7,9-10H,4,8,11-15H2,1-3H3,(H,24,27). The van der Waals surface area contributed by atoms with Crippen molar-refractivity contribution in [1.82, 2.24) is 4.90 Å². The number of anilines is 2. The van der Waals surface area contributed by atoms with Gasteiger partial charge >= 0.3 is 5.97 Å². The molecule has 1 aromatic heterocycles. The number of amides is 2. The number of para-hydroxylation sites is 1. The van der Waals surface area contributed by atoms with Crippen LogP contribution in [0.5, 0.6) is 0 Å². The number of hydrogen-bond donors (Lipinski definition) is 1. The van der Waals surface area contributed by atoms with E-state index in [2.05, 4.69) is 10.2 Å². The fourth-order valence-corrected chi connectivity index (χ4v) is 4.92. The number of carbonyl (C=O) groups is 3. The first-order valence-electron chi connectivity index (χ1n) is 10.5. The highest BCUT2D eigenvalue weighted by Gasteiger charge is 2.28. The highest BCUT2D eigenvalue weighted by atomic mass is 32.1. The highest BCUT2D eigenvalue weighted by Crippen LogP contribution is 2.37. The summed E-state index contributed by atoms with van der Waals surface area (Å²) in [4.78, 5) is 42.4. The van der Waals surface area contributed by atoms with E-state index in [1.165, 1.54) is 11.3 Å². The maximum atomic E-state index is 12.6. The van der Waals surface area contributed by atoms with Crippen LogP contribution in [-0.2, 0) is 27.3 Å². The Labute approximate surface area is 187 Å². The predicted molar refractivity (Wildman–Crippen MR) is 123 cm³/mol. The van der Waals surface area contributed by atoms with E-state index < -0.39 is 0 Å². The number of ether oxygens (including phenoxy) is 1. The SMILES string of the molecule is CCOC(=O)c1c(NC(=O)CCCC(=O)N(C)c2ccccc2)sc2c1CCN(C)C2. The van der Waals surface area contributed by atoms with Gasteiger partial charge in [0.15, 0.2) is 0 Å². The molecule has 31 heavy (non-hydrogen) atoms. The lowest BCUT2D eigenvalue weighted by molar-refractivity contribution is -0.118. The summed E-state index contributed by atoms with van der Waals surface area (Å²) >= 11 is 1.44. The molecular weight excluding hydrogens is 414 g/mol. The van der Waals surface area contributed by atoms with Gasteiger partial charge < -0.3 is 19.9 Å². The molecule has 0 fully saturated rings. The molecule has 2 aromatic rings. The maximum Gasteiger partial charge on any atom is 0.341 e. The quantitative estimate of drug-likeness (QED) is 0.630. The van der Waals surface area contributed by atoms with Gasteiger partial charge in [0.05, 0.1) is 12.2 Å². The van der Waals surface area contributed by atoms with Crippen molar-refractivity contribution in [3.63, 3.8) is 0 Å². The molecule has 166 valence electrons. The molecule has 0 aliphatic carbocycles. The Morgan fingerprint density at radius 1 is 1.19 bits per heavy atom. The summed E-state index contributed by atoms with van der Waals surface area (Å²) in [6, 6.07) is 9.41. The molecule has 0 atom stereocenters. The van der Waals surface area contributed by atoms with Crippen LogP contribution in [-0.4, -0.2) is 49.9 Å². The normalized spacial score (nSPS) is 13.4. The van der Waals surface area contributed by atoms with Crippen molar-refractivity contribution < 1.29 is 19.1 Å². The summed E-state index contributed by atoms with van der Waals surface area (Å²) in [6.45, 7) is 3.67. The Bertz CT molecular complexity index is 942. The van der Waals surface area contributed by atoms with E-state index in [1.807, 2.05) is 37.4 Å². The molecule has 0 saturated carbocycles. The number of thiophene rings is 1. The lowest BCUT2D eigenvalue weighted by Crippen LogP contribution is -2.26. The number of benzene rings is 1. The van der Waals surface area contributed by atoms with Crippen LogP contribution in [0.4, 0.5) is 10.7 Å². The predicted octanol–water partition coefficient (Wildman–Crippen LogP) is 3.68. The van der Waals surface area contributed by atoms with Crippen LogP contribution < -0.4 is 10.2 Å². The number of nitrogens with zero attached hydrogens (tertiary/aromatic N) is 2. The number of carbonyl (C=O) groups excluding carboxylic acids is 3. The molecule has 0 bridgehead atoms. The Kier molecular flexibility index (Phi) is 7.81. The second kappa shape index (κ2) is 10.5. The van der Waals surface area contributed by atoms with Gasteiger partial charge in [-0.3, -0.25) is 9.59 Å². The van der Waals surface area contributed by atoms with Crippen LogP contribution in [0.2, 0.25) is 0 Å². The smallest absolute Gasteiger partial charge is 0.341 e. The zero-order chi connectivity index (χ0) is 22.4. The third-order valence-electron chi connectivity index (χ3n) is 5.29. The Balaban J connectivity index is 1.60. The van der Waals surface area contributed by atoms with Crippen molar-refractivity contribution >= 4 is 39.8 Å². The molecule has 8 heteroatoms. The molecule has 7 nitrogen and oxygen atoms in total. The molecule has 0 spiro atoms. The van der Waals surface area contributed by atoms with E-state index in [0.717, 1.165) is 35.6 Å². The monoisotopic (exact) mass is 443 g/mol. The first-order chi connectivity index (χ1) is 14.9. The molecule has 1 N–H and O–H groups in total. The van der Waals surface area contributed by atoms with Crippen molar-refractivity contribution in [3.8, 4) is 0 Å². The lowest BCUT2D eigenvalue weighted by Gasteiger charge is -2.22. The van der Waals surface area contributed by atoms with E-state index in [9.17, 15) is 14.4 Å². The van der Waals surface area contributed by atoms with Crippen LogP contribution in [0.25, 0.3) is 0 Å². The van der Waals surface area contributed by atoms with Gasteiger partial charge in [-0.15, -0.1) is 11.3 Å². The number of esters is 1. The minimum absolute atomic E-state index is 0.0409. The van der Waals surface area contributed by atoms with Gasteiger partial charge in [-0.1, -0.05) is 18.2 Å². The minimum Gasteiger partial charge on any atom is -0.462 e. The molecule has 2 heterocycles. The Morgan fingerprint density at radius 2 is 1.94 bits per heavy atom. The van der Waals surface area contributed by atoms with E-state index in [-0.39, 0.29) is 37.2 Å². The van der Waals surface area contributed by atoms with Crippen LogP contribution >= 0.6 is 11.3 Å². The largest absolute Gasteiger partial charge is 0.462 e. The molecule has 3 rings (SSSR count). The Morgan fingerprint density at radius 3 is 2.65 bits per heavy atom. The average Bonchev–Trinajstić information content (AvgIpc) is 3.10. The average molecular weight is 444 g/mol. The number of rotatable bonds is 8. The zero-order valence-electron chi connectivity index (χ0n) is 18.3. The van der Waals surface area contributed by atoms with Gasteiger partial charge in [0.1, 0.15) is 5.00 Å². The first kappa shape index (κ1) is 23.0. The number of nitrogens with one attached hydrogen (secondary N) is 1. The van der Waals surface area contributed by atoms with Gasteiger partial charge in [-0.2, -0.15) is 0 Å². The van der Waals surface area contributed by atoms with Crippen molar-refractivity contribution in [3.05, 3.63) is 46.3 Å². The van der Waals surface area contributed by atoms with Crippen LogP contribution in [0.1, 0.15) is 47.0 Å². The molecule has 1 aliphatic rings. The van der Waals surface area contributed by atoms with E-state index in [4.69, 9.17) is 4.74 Å². The summed E-state index contributed by atoms with van der Waals surface area (Å²) in [5.74, 6) is -0.631. The molecule has 2 amide bonds. The van der Waals surface area contributed by atoms with E-state index >= 15 is 0 Å². The van der Waals surface area contributed by atoms with Crippen LogP contribution in [0.3, 0.4) is 0 Å². The topological polar surface area (TPSA) is 78.9 Å². The van der Waals surface area contributed by atoms with Gasteiger partial charge in [0, 0.05) is 43.5 Å². The fourth-order valence-electron chi connectivity index (χ4n) is 3.59. The molecule has 1 aromatic carbocycles. The van der Waals surface area contributed by atoms with E-state index in [0.29, 0.717) is 17.0 Å². The molecule has 0 unspecified atom stereocenters. The second-order valence-electron chi connectivity index (χ2n) is 7.61. The summed E-state index contributed by atoms with van der Waals surface area (Å²) in [5, 5.41) is 3.44. The number of hydrogen-bond acceptors (Lipinski definition) is 6. The molecule has 1 aliphatic heterocycles. The van der Waals surface area contributed by atoms with Crippen molar-refractivity contribution in [1.29, 1.82) is 0 Å². The number of fused-ring (bicyclic) bond motifs is 1. The third kappa shape index (κ3) is 5.71. The maximum absolute atomic E-state index is 12.6. The van der Waals surface area contributed by atoms with Crippen LogP contribution in [0.15, 0.2) is 30.3 Å². The van der Waals surface area contributed by atoms with Gasteiger partial charge in [-0.05, 0) is 44.5 Å². The van der Waals surface area contributed by atoms with Crippen LogP contribution in [0, 0.1) is 0 Å². The summed E-state index contributed by atoms with van der Waals surface area (Å²) in [6.07, 6.45) is 1.67. The first-order valence-corrected chi connectivity index (χ1v) is 11.3. The minimum atomic E-state index is -0.389. The van der Waals surface area contributed by atoms with E-state index in [1.54, 1.807) is 18.9 Å². The lowest BCUT2D eigenvalue weighted by atomic mass is 10.0. The number of likely N-dealkylation sites (N-methyl/N-ethyl adjacent to an activating group) is 1. The molecular formula is C23H29N3O4S. The summed E-state index contributed by atoms with van der Waals surface area (Å²) < 4.78 is 5.24. The molecule has 0 saturated heterocycles. The van der Waals surface area contributed by atoms with Gasteiger partial charge in [0.25, 0.3) is 0 Å². The second-order valence-corrected chi connectivity index (χ2v) is 8.71. The molecule has 0 radical (unpaired) electrons. The summed E-state index contributed by atoms with van der Waals surface area (Å²) in [5.41, 5.74) is 2.30. The summed E-state index contributed by atoms with van der Waals surface area (Å²) in [7, 11) is 3.77.